The van der Waals surface area contributed by atoms with Crippen LogP contribution in [0.2, 0.25) is 0 Å². The summed E-state index contributed by atoms with van der Waals surface area (Å²) >= 11 is 2.82. The van der Waals surface area contributed by atoms with Crippen molar-refractivity contribution in [3.63, 3.8) is 0 Å². The zero-order chi connectivity index (χ0) is 19.9. The molecule has 0 unspecified atom stereocenters. The number of thioether (sulfide) groups is 1. The maximum absolute atomic E-state index is 12.4. The molecule has 146 valence electrons. The van der Waals surface area contributed by atoms with E-state index in [4.69, 9.17) is 0 Å². The van der Waals surface area contributed by atoms with Crippen LogP contribution in [0, 0.1) is 0 Å². The molecule has 1 aromatic carbocycles. The van der Waals surface area contributed by atoms with Gasteiger partial charge in [-0.25, -0.2) is 4.98 Å². The van der Waals surface area contributed by atoms with Gasteiger partial charge in [0.25, 0.3) is 5.91 Å². The van der Waals surface area contributed by atoms with E-state index in [1.54, 1.807) is 40.5 Å². The van der Waals surface area contributed by atoms with Crippen LogP contribution in [0.5, 0.6) is 0 Å². The molecule has 3 rings (SSSR count). The standard InChI is InChI=1S/C19H21N5O2S2/c1-3-24(4-2)18(26)13-7-5-8-14(11-13)20-16(25)12-28-19-21-17(22-23-19)15-9-6-10-27-15/h5-11H,3-4,12H2,1-2H3,(H,20,25)(H,21,22,23). The van der Waals surface area contributed by atoms with Gasteiger partial charge in [-0.3, -0.25) is 14.7 Å². The minimum Gasteiger partial charge on any atom is -0.339 e. The maximum Gasteiger partial charge on any atom is 0.253 e. The summed E-state index contributed by atoms with van der Waals surface area (Å²) in [6, 6.07) is 10.9. The van der Waals surface area contributed by atoms with Crippen molar-refractivity contribution >= 4 is 40.6 Å². The third-order valence-electron chi connectivity index (χ3n) is 4.00. The van der Waals surface area contributed by atoms with E-state index in [1.165, 1.54) is 11.8 Å². The van der Waals surface area contributed by atoms with Crippen LogP contribution in [-0.4, -0.2) is 50.7 Å². The second-order valence-corrected chi connectivity index (χ2v) is 7.73. The summed E-state index contributed by atoms with van der Waals surface area (Å²) in [5.74, 6) is 0.647. The van der Waals surface area contributed by atoms with E-state index in [1.807, 2.05) is 31.4 Å². The smallest absolute Gasteiger partial charge is 0.253 e. The summed E-state index contributed by atoms with van der Waals surface area (Å²) in [4.78, 5) is 31.8. The van der Waals surface area contributed by atoms with Gasteiger partial charge in [0.15, 0.2) is 5.82 Å². The van der Waals surface area contributed by atoms with Crippen molar-refractivity contribution < 1.29 is 9.59 Å². The van der Waals surface area contributed by atoms with E-state index in [0.717, 1.165) is 4.88 Å². The molecule has 3 aromatic rings. The van der Waals surface area contributed by atoms with E-state index in [0.29, 0.717) is 35.3 Å². The number of aromatic nitrogens is 3. The fourth-order valence-corrected chi connectivity index (χ4v) is 3.85. The van der Waals surface area contributed by atoms with Crippen LogP contribution >= 0.6 is 23.1 Å². The van der Waals surface area contributed by atoms with Crippen LogP contribution in [0.15, 0.2) is 46.9 Å². The molecule has 0 fully saturated rings. The predicted molar refractivity (Wildman–Crippen MR) is 113 cm³/mol. The normalized spacial score (nSPS) is 10.6. The highest BCUT2D eigenvalue weighted by atomic mass is 32.2. The molecular weight excluding hydrogens is 394 g/mol. The van der Waals surface area contributed by atoms with E-state index in [2.05, 4.69) is 20.5 Å². The molecule has 2 heterocycles. The molecule has 0 saturated heterocycles. The molecule has 0 atom stereocenters. The lowest BCUT2D eigenvalue weighted by atomic mass is 10.1. The topological polar surface area (TPSA) is 91.0 Å². The Balaban J connectivity index is 1.56. The minimum absolute atomic E-state index is 0.0442. The first-order chi connectivity index (χ1) is 13.6. The second-order valence-electron chi connectivity index (χ2n) is 5.84. The van der Waals surface area contributed by atoms with E-state index < -0.39 is 0 Å². The minimum atomic E-state index is -0.181. The van der Waals surface area contributed by atoms with Crippen molar-refractivity contribution in [3.05, 3.63) is 47.3 Å². The van der Waals surface area contributed by atoms with Gasteiger partial charge in [-0.05, 0) is 43.5 Å². The van der Waals surface area contributed by atoms with Crippen molar-refractivity contribution in [2.24, 2.45) is 0 Å². The number of H-pyrrole nitrogens is 1. The summed E-state index contributed by atoms with van der Waals surface area (Å²) in [5.41, 5.74) is 1.15. The van der Waals surface area contributed by atoms with Crippen LogP contribution in [0.3, 0.4) is 0 Å². The summed E-state index contributed by atoms with van der Waals surface area (Å²) in [6.45, 7) is 5.17. The fourth-order valence-electron chi connectivity index (χ4n) is 2.59. The SMILES string of the molecule is CCN(CC)C(=O)c1cccc(NC(=O)CSc2n[nH]c(-c3cccs3)n2)c1. The molecule has 0 aliphatic rings. The summed E-state index contributed by atoms with van der Waals surface area (Å²) in [6.07, 6.45) is 0. The molecule has 28 heavy (non-hydrogen) atoms. The molecule has 0 aliphatic heterocycles. The third kappa shape index (κ3) is 4.99. The Morgan fingerprint density at radius 1 is 1.21 bits per heavy atom. The lowest BCUT2D eigenvalue weighted by Crippen LogP contribution is -2.30. The van der Waals surface area contributed by atoms with Gasteiger partial charge in [0.1, 0.15) is 0 Å². The number of carbonyl (C=O) groups excluding carboxylic acids is 2. The van der Waals surface area contributed by atoms with Gasteiger partial charge in [0.2, 0.25) is 11.1 Å². The monoisotopic (exact) mass is 415 g/mol. The van der Waals surface area contributed by atoms with E-state index in [-0.39, 0.29) is 17.6 Å². The van der Waals surface area contributed by atoms with Crippen molar-refractivity contribution in [1.82, 2.24) is 20.1 Å². The van der Waals surface area contributed by atoms with Crippen molar-refractivity contribution in [1.29, 1.82) is 0 Å². The molecule has 0 aliphatic carbocycles. The predicted octanol–water partition coefficient (Wildman–Crippen LogP) is 3.75. The lowest BCUT2D eigenvalue weighted by Gasteiger charge is -2.19. The molecule has 0 bridgehead atoms. The van der Waals surface area contributed by atoms with Gasteiger partial charge in [0, 0.05) is 24.3 Å². The van der Waals surface area contributed by atoms with Crippen molar-refractivity contribution in [2.75, 3.05) is 24.2 Å². The number of aromatic amines is 1. The number of carbonyl (C=O) groups is 2. The number of hydrogen-bond acceptors (Lipinski definition) is 6. The van der Waals surface area contributed by atoms with Gasteiger partial charge in [0.05, 0.1) is 10.6 Å². The maximum atomic E-state index is 12.4. The van der Waals surface area contributed by atoms with Gasteiger partial charge in [-0.1, -0.05) is 23.9 Å². The molecule has 0 saturated carbocycles. The Morgan fingerprint density at radius 2 is 2.04 bits per heavy atom. The summed E-state index contributed by atoms with van der Waals surface area (Å²) in [5, 5.41) is 12.3. The number of hydrogen-bond donors (Lipinski definition) is 2. The van der Waals surface area contributed by atoms with Crippen LogP contribution in [0.1, 0.15) is 24.2 Å². The van der Waals surface area contributed by atoms with E-state index >= 15 is 0 Å². The highest BCUT2D eigenvalue weighted by molar-refractivity contribution is 7.99. The number of nitrogens with zero attached hydrogens (tertiary/aromatic N) is 3. The Kier molecular flexibility index (Phi) is 6.83. The average molecular weight is 416 g/mol. The molecule has 0 spiro atoms. The number of anilines is 1. The first-order valence-electron chi connectivity index (χ1n) is 8.89. The molecule has 2 N–H and O–H groups in total. The van der Waals surface area contributed by atoms with Gasteiger partial charge >= 0.3 is 0 Å². The zero-order valence-electron chi connectivity index (χ0n) is 15.6. The molecule has 0 radical (unpaired) electrons. The molecular formula is C19H21N5O2S2. The van der Waals surface area contributed by atoms with E-state index in [9.17, 15) is 9.59 Å². The molecule has 2 aromatic heterocycles. The Bertz CT molecular complexity index is 935. The first-order valence-corrected chi connectivity index (χ1v) is 10.8. The molecule has 2 amide bonds. The summed E-state index contributed by atoms with van der Waals surface area (Å²) < 4.78 is 0. The zero-order valence-corrected chi connectivity index (χ0v) is 17.3. The first kappa shape index (κ1) is 20.1. The molecule has 7 nitrogen and oxygen atoms in total. The Labute approximate surface area is 171 Å². The highest BCUT2D eigenvalue weighted by Gasteiger charge is 2.14. The Hall–Kier alpha value is -2.65. The second kappa shape index (κ2) is 9.52. The van der Waals surface area contributed by atoms with Crippen LogP contribution < -0.4 is 5.32 Å². The number of benzene rings is 1. The summed E-state index contributed by atoms with van der Waals surface area (Å²) in [7, 11) is 0. The number of rotatable bonds is 8. The lowest BCUT2D eigenvalue weighted by molar-refractivity contribution is -0.113. The van der Waals surface area contributed by atoms with Crippen LogP contribution in [0.25, 0.3) is 10.7 Å². The third-order valence-corrected chi connectivity index (χ3v) is 5.72. The Morgan fingerprint density at radius 3 is 2.75 bits per heavy atom. The molecule has 9 heteroatoms. The van der Waals surface area contributed by atoms with Gasteiger partial charge < -0.3 is 10.2 Å². The number of thiophene rings is 1. The highest BCUT2D eigenvalue weighted by Crippen LogP contribution is 2.23. The van der Waals surface area contributed by atoms with Crippen LogP contribution in [0.4, 0.5) is 5.69 Å². The van der Waals surface area contributed by atoms with Crippen LogP contribution in [-0.2, 0) is 4.79 Å². The largest absolute Gasteiger partial charge is 0.339 e. The fraction of sp³-hybridized carbons (Fsp3) is 0.263. The average Bonchev–Trinajstić information content (AvgIpc) is 3.39. The quantitative estimate of drug-likeness (QED) is 0.547. The number of amides is 2. The van der Waals surface area contributed by atoms with Crippen molar-refractivity contribution in [3.8, 4) is 10.7 Å². The van der Waals surface area contributed by atoms with Gasteiger partial charge in [-0.2, -0.15) is 0 Å². The van der Waals surface area contributed by atoms with Gasteiger partial charge in [-0.15, -0.1) is 16.4 Å². The van der Waals surface area contributed by atoms with Crippen molar-refractivity contribution in [2.45, 2.75) is 19.0 Å². The number of nitrogens with one attached hydrogen (secondary N) is 2.